The van der Waals surface area contributed by atoms with Gasteiger partial charge in [0.1, 0.15) is 5.75 Å². The van der Waals surface area contributed by atoms with Crippen molar-refractivity contribution in [1.29, 1.82) is 0 Å². The van der Waals surface area contributed by atoms with Crippen LogP contribution in [0.1, 0.15) is 35.4 Å². The number of nitrogens with zero attached hydrogens (tertiary/aromatic N) is 2. The molecule has 0 aliphatic carbocycles. The smallest absolute Gasteiger partial charge is 0.238 e. The number of piperidine rings is 1. The van der Waals surface area contributed by atoms with Crippen LogP contribution in [0, 0.1) is 24.4 Å². The average Bonchev–Trinajstić information content (AvgIpc) is 2.85. The van der Waals surface area contributed by atoms with Crippen molar-refractivity contribution in [2.45, 2.75) is 32.2 Å². The lowest BCUT2D eigenvalue weighted by Gasteiger charge is -2.33. The molecule has 37 heavy (non-hydrogen) atoms. The third-order valence-electron chi connectivity index (χ3n) is 6.58. The molecule has 1 N–H and O–H groups in total. The highest BCUT2D eigenvalue weighted by Crippen LogP contribution is 2.33. The van der Waals surface area contributed by atoms with Crippen LogP contribution in [0.5, 0.6) is 11.5 Å². The quantitative estimate of drug-likeness (QED) is 0.372. The maximum absolute atomic E-state index is 13.8. The number of likely N-dealkylation sites (tertiary alicyclic amines) is 1. The molecule has 4 rings (SSSR count). The second kappa shape index (κ2) is 11.8. The molecule has 1 aliphatic heterocycles. The molecule has 196 valence electrons. The number of carbonyl (C=O) groups excluding carboxylic acids is 1. The Bertz CT molecular complexity index is 1240. The second-order valence-corrected chi connectivity index (χ2v) is 9.85. The molecule has 1 heterocycles. The van der Waals surface area contributed by atoms with Gasteiger partial charge in [0.05, 0.1) is 6.54 Å². The minimum absolute atomic E-state index is 0.0268. The van der Waals surface area contributed by atoms with Gasteiger partial charge < -0.3 is 15.0 Å². The number of rotatable bonds is 8. The number of likely N-dealkylation sites (N-methyl/N-ethyl adjacent to an activating group) is 1. The van der Waals surface area contributed by atoms with Crippen LogP contribution in [0.15, 0.2) is 54.6 Å². The van der Waals surface area contributed by atoms with E-state index in [0.29, 0.717) is 30.3 Å². The van der Waals surface area contributed by atoms with Crippen molar-refractivity contribution >= 4 is 11.6 Å². The van der Waals surface area contributed by atoms with Crippen LogP contribution in [-0.2, 0) is 11.3 Å². The summed E-state index contributed by atoms with van der Waals surface area (Å²) in [6.07, 6.45) is 2.04. The summed E-state index contributed by atoms with van der Waals surface area (Å²) in [5.41, 5.74) is 4.43. The van der Waals surface area contributed by atoms with E-state index in [1.54, 1.807) is 12.1 Å². The van der Waals surface area contributed by atoms with E-state index in [4.69, 9.17) is 4.74 Å². The maximum atomic E-state index is 13.8. The third-order valence-corrected chi connectivity index (χ3v) is 6.58. The van der Waals surface area contributed by atoms with Crippen LogP contribution < -0.4 is 10.1 Å². The van der Waals surface area contributed by atoms with Gasteiger partial charge in [-0.2, -0.15) is 0 Å². The molecular formula is C29H32F3N3O2. The van der Waals surface area contributed by atoms with Gasteiger partial charge in [0.15, 0.2) is 23.2 Å². The highest BCUT2D eigenvalue weighted by Gasteiger charge is 2.22. The first-order chi connectivity index (χ1) is 17.7. The summed E-state index contributed by atoms with van der Waals surface area (Å²) in [6, 6.07) is 14.5. The van der Waals surface area contributed by atoms with E-state index in [9.17, 15) is 18.0 Å². The Morgan fingerprint density at radius 3 is 2.32 bits per heavy atom. The number of nitrogens with one attached hydrogen (secondary N) is 1. The van der Waals surface area contributed by atoms with E-state index in [2.05, 4.69) is 29.3 Å². The predicted octanol–water partition coefficient (Wildman–Crippen LogP) is 6.08. The Morgan fingerprint density at radius 2 is 1.65 bits per heavy atom. The van der Waals surface area contributed by atoms with E-state index >= 15 is 0 Å². The molecule has 1 saturated heterocycles. The lowest BCUT2D eigenvalue weighted by atomic mass is 9.86. The Morgan fingerprint density at radius 1 is 0.973 bits per heavy atom. The number of hydrogen-bond acceptors (Lipinski definition) is 4. The molecule has 5 nitrogen and oxygen atoms in total. The number of amides is 1. The van der Waals surface area contributed by atoms with Gasteiger partial charge in [0.25, 0.3) is 0 Å². The van der Waals surface area contributed by atoms with E-state index in [-0.39, 0.29) is 11.7 Å². The van der Waals surface area contributed by atoms with Gasteiger partial charge in [-0.3, -0.25) is 9.69 Å². The molecule has 0 radical (unpaired) electrons. The minimum Gasteiger partial charge on any atom is -0.454 e. The highest BCUT2D eigenvalue weighted by atomic mass is 19.2. The number of halogens is 3. The Balaban J connectivity index is 1.31. The first-order valence-corrected chi connectivity index (χ1v) is 12.4. The lowest BCUT2D eigenvalue weighted by molar-refractivity contribution is -0.116. The Hall–Kier alpha value is -3.36. The number of anilines is 1. The first-order valence-electron chi connectivity index (χ1n) is 12.4. The van der Waals surface area contributed by atoms with Crippen molar-refractivity contribution in [2.75, 3.05) is 39.0 Å². The zero-order chi connectivity index (χ0) is 26.5. The van der Waals surface area contributed by atoms with Crippen molar-refractivity contribution in [3.63, 3.8) is 0 Å². The van der Waals surface area contributed by atoms with E-state index in [1.165, 1.54) is 11.1 Å². The van der Waals surface area contributed by atoms with E-state index in [0.717, 1.165) is 43.7 Å². The minimum atomic E-state index is -1.25. The SMILES string of the molecule is Cc1ccc(NC(=O)CN(C)C)cc1C1CCN(Cc2ccc(Oc3cc(F)c(F)cc3F)cc2)CC1. The van der Waals surface area contributed by atoms with Gasteiger partial charge in [0.2, 0.25) is 5.91 Å². The van der Waals surface area contributed by atoms with Gasteiger partial charge in [-0.15, -0.1) is 0 Å². The summed E-state index contributed by atoms with van der Waals surface area (Å²) in [5, 5.41) is 2.99. The maximum Gasteiger partial charge on any atom is 0.238 e. The summed E-state index contributed by atoms with van der Waals surface area (Å²) in [4.78, 5) is 16.4. The van der Waals surface area contributed by atoms with Crippen molar-refractivity contribution in [3.8, 4) is 11.5 Å². The topological polar surface area (TPSA) is 44.8 Å². The lowest BCUT2D eigenvalue weighted by Crippen LogP contribution is -2.32. The fourth-order valence-corrected chi connectivity index (χ4v) is 4.68. The molecule has 3 aromatic carbocycles. The van der Waals surface area contributed by atoms with Crippen LogP contribution in [0.25, 0.3) is 0 Å². The van der Waals surface area contributed by atoms with Crippen LogP contribution in [0.3, 0.4) is 0 Å². The highest BCUT2D eigenvalue weighted by molar-refractivity contribution is 5.92. The number of hydrogen-bond donors (Lipinski definition) is 1. The van der Waals surface area contributed by atoms with Gasteiger partial charge in [-0.05, 0) is 93.8 Å². The largest absolute Gasteiger partial charge is 0.454 e. The van der Waals surface area contributed by atoms with E-state index in [1.807, 2.05) is 37.2 Å². The van der Waals surface area contributed by atoms with Crippen molar-refractivity contribution in [2.24, 2.45) is 0 Å². The standard InChI is InChI=1S/C29H32F3N3O2/c1-19-4-7-22(33-29(36)18-34(2)3)14-24(19)21-10-12-35(13-11-21)17-20-5-8-23(9-6-20)37-28-16-26(31)25(30)15-27(28)32/h4-9,14-16,21H,10-13,17-18H2,1-3H3,(H,33,36). The van der Waals surface area contributed by atoms with Gasteiger partial charge in [0, 0.05) is 24.4 Å². The molecule has 0 atom stereocenters. The molecule has 0 aromatic heterocycles. The number of ether oxygens (including phenoxy) is 1. The zero-order valence-corrected chi connectivity index (χ0v) is 21.4. The molecule has 3 aromatic rings. The average molecular weight is 512 g/mol. The van der Waals surface area contributed by atoms with Gasteiger partial charge in [-0.1, -0.05) is 18.2 Å². The predicted molar refractivity (Wildman–Crippen MR) is 138 cm³/mol. The summed E-state index contributed by atoms with van der Waals surface area (Å²) in [6.45, 7) is 5.12. The molecule has 0 spiro atoms. The summed E-state index contributed by atoms with van der Waals surface area (Å²) in [7, 11) is 3.74. The Labute approximate surface area is 215 Å². The molecule has 1 amide bonds. The molecular weight excluding hydrogens is 479 g/mol. The fraction of sp³-hybridized carbons (Fsp3) is 0.345. The monoisotopic (exact) mass is 511 g/mol. The van der Waals surface area contributed by atoms with Gasteiger partial charge >= 0.3 is 0 Å². The van der Waals surface area contributed by atoms with Crippen LogP contribution in [-0.4, -0.2) is 49.4 Å². The normalized spacial score (nSPS) is 14.7. The van der Waals surface area contributed by atoms with Crippen molar-refractivity contribution in [3.05, 3.63) is 88.7 Å². The summed E-state index contributed by atoms with van der Waals surface area (Å²) < 4.78 is 45.8. The van der Waals surface area contributed by atoms with Crippen molar-refractivity contribution < 1.29 is 22.7 Å². The number of aryl methyl sites for hydroxylation is 1. The molecule has 1 fully saturated rings. The molecule has 0 bridgehead atoms. The molecule has 0 saturated carbocycles. The molecule has 1 aliphatic rings. The molecule has 8 heteroatoms. The second-order valence-electron chi connectivity index (χ2n) is 9.85. The van der Waals surface area contributed by atoms with Crippen LogP contribution >= 0.6 is 0 Å². The zero-order valence-electron chi connectivity index (χ0n) is 21.4. The summed E-state index contributed by atoms with van der Waals surface area (Å²) in [5.74, 6) is -2.97. The fourth-order valence-electron chi connectivity index (χ4n) is 4.68. The van der Waals surface area contributed by atoms with E-state index < -0.39 is 17.5 Å². The first kappa shape index (κ1) is 26.7. The summed E-state index contributed by atoms with van der Waals surface area (Å²) >= 11 is 0. The number of benzene rings is 3. The molecule has 0 unspecified atom stereocenters. The van der Waals surface area contributed by atoms with Crippen LogP contribution in [0.4, 0.5) is 18.9 Å². The number of carbonyl (C=O) groups is 1. The Kier molecular flexibility index (Phi) is 8.51. The van der Waals surface area contributed by atoms with Crippen LogP contribution in [0.2, 0.25) is 0 Å². The van der Waals surface area contributed by atoms with Gasteiger partial charge in [-0.25, -0.2) is 13.2 Å². The van der Waals surface area contributed by atoms with Crippen molar-refractivity contribution in [1.82, 2.24) is 9.80 Å². The third kappa shape index (κ3) is 7.11.